The number of esters is 1. The van der Waals surface area contributed by atoms with Crippen LogP contribution in [0, 0.1) is 0 Å². The number of nitrogens with zero attached hydrogens (tertiary/aromatic N) is 2. The van der Waals surface area contributed by atoms with Crippen molar-refractivity contribution in [2.75, 3.05) is 12.9 Å². The van der Waals surface area contributed by atoms with E-state index in [1.807, 2.05) is 17.5 Å². The van der Waals surface area contributed by atoms with Crippen molar-refractivity contribution in [3.63, 3.8) is 0 Å². The van der Waals surface area contributed by atoms with E-state index in [0.717, 1.165) is 11.1 Å². The van der Waals surface area contributed by atoms with Crippen LogP contribution in [0.25, 0.3) is 5.52 Å². The smallest absolute Gasteiger partial charge is 0.359 e. The van der Waals surface area contributed by atoms with Crippen molar-refractivity contribution in [1.29, 1.82) is 0 Å². The molecule has 0 saturated heterocycles. The summed E-state index contributed by atoms with van der Waals surface area (Å²) in [4.78, 5) is 17.3. The Morgan fingerprint density at radius 3 is 2.83 bits per heavy atom. The summed E-state index contributed by atoms with van der Waals surface area (Å²) in [5.74, 6) is -0.625. The average Bonchev–Trinajstić information content (AvgIpc) is 3.13. The largest absolute Gasteiger partial charge is 0.461 e. The number of rotatable bonds is 5. The second-order valence-electron chi connectivity index (χ2n) is 4.94. The van der Waals surface area contributed by atoms with Crippen LogP contribution >= 0.6 is 11.3 Å². The molecule has 3 heterocycles. The summed E-state index contributed by atoms with van der Waals surface area (Å²) in [6.07, 6.45) is 3.23. The number of carbonyl (C=O) groups excluding carboxylic acids is 1. The molecule has 8 heteroatoms. The number of sulfone groups is 1. The predicted molar refractivity (Wildman–Crippen MR) is 86.6 cm³/mol. The van der Waals surface area contributed by atoms with Crippen molar-refractivity contribution in [1.82, 2.24) is 9.38 Å². The number of thiophene rings is 1. The Labute approximate surface area is 137 Å². The molecule has 0 aliphatic heterocycles. The van der Waals surface area contributed by atoms with Gasteiger partial charge in [-0.05, 0) is 23.6 Å². The van der Waals surface area contributed by atoms with Crippen LogP contribution in [0.1, 0.15) is 15.4 Å². The molecule has 6 nitrogen and oxygen atoms in total. The van der Waals surface area contributed by atoms with Crippen LogP contribution < -0.4 is 0 Å². The number of carbonyl (C=O) groups is 1. The number of pyridine rings is 1. The highest BCUT2D eigenvalue weighted by Crippen LogP contribution is 2.18. The van der Waals surface area contributed by atoms with Gasteiger partial charge in [-0.2, -0.15) is 0 Å². The molecule has 0 amide bonds. The lowest BCUT2D eigenvalue weighted by Gasteiger charge is -2.02. The van der Waals surface area contributed by atoms with E-state index in [4.69, 9.17) is 4.74 Å². The van der Waals surface area contributed by atoms with Gasteiger partial charge in [0, 0.05) is 23.8 Å². The van der Waals surface area contributed by atoms with E-state index in [0.29, 0.717) is 11.9 Å². The Morgan fingerprint density at radius 1 is 1.30 bits per heavy atom. The van der Waals surface area contributed by atoms with E-state index < -0.39 is 15.8 Å². The van der Waals surface area contributed by atoms with Crippen LogP contribution in [0.4, 0.5) is 0 Å². The molecule has 0 aromatic carbocycles. The summed E-state index contributed by atoms with van der Waals surface area (Å²) in [7, 11) is -3.55. The van der Waals surface area contributed by atoms with Crippen LogP contribution in [0.15, 0.2) is 47.1 Å². The van der Waals surface area contributed by atoms with E-state index in [9.17, 15) is 13.2 Å². The van der Waals surface area contributed by atoms with Gasteiger partial charge in [0.25, 0.3) is 0 Å². The molecule has 0 N–H and O–H groups in total. The van der Waals surface area contributed by atoms with Gasteiger partial charge in [0.2, 0.25) is 15.0 Å². The van der Waals surface area contributed by atoms with Gasteiger partial charge in [0.05, 0.1) is 12.1 Å². The van der Waals surface area contributed by atoms with Crippen molar-refractivity contribution < 1.29 is 17.9 Å². The number of fused-ring (bicyclic) bond motifs is 1. The summed E-state index contributed by atoms with van der Waals surface area (Å²) in [6.45, 7) is 0.222. The first-order chi connectivity index (χ1) is 11.0. The summed E-state index contributed by atoms with van der Waals surface area (Å²) >= 11 is 1.59. The van der Waals surface area contributed by atoms with Crippen molar-refractivity contribution >= 4 is 32.7 Å². The van der Waals surface area contributed by atoms with Gasteiger partial charge in [-0.1, -0.05) is 12.1 Å². The topological polar surface area (TPSA) is 77.7 Å². The fraction of sp³-hybridized carbons (Fsp3) is 0.200. The SMILES string of the molecule is CS(=O)(=O)c1nc(C(=O)OCCc2cccs2)c2ccccn12. The normalized spacial score (nSPS) is 11.7. The first-order valence-corrected chi connectivity index (χ1v) is 9.60. The Balaban J connectivity index is 1.86. The van der Waals surface area contributed by atoms with Gasteiger partial charge in [0.1, 0.15) is 0 Å². The van der Waals surface area contributed by atoms with Gasteiger partial charge in [-0.25, -0.2) is 18.2 Å². The zero-order valence-corrected chi connectivity index (χ0v) is 13.9. The molecule has 0 aliphatic rings. The molecule has 3 rings (SSSR count). The van der Waals surface area contributed by atoms with Gasteiger partial charge in [-0.15, -0.1) is 11.3 Å². The number of hydrogen-bond donors (Lipinski definition) is 0. The van der Waals surface area contributed by atoms with Crippen LogP contribution in [-0.2, 0) is 21.0 Å². The number of ether oxygens (including phenoxy) is 1. The lowest BCUT2D eigenvalue weighted by molar-refractivity contribution is 0.0505. The molecule has 0 spiro atoms. The average molecular weight is 350 g/mol. The third-order valence-electron chi connectivity index (χ3n) is 3.20. The first-order valence-electron chi connectivity index (χ1n) is 6.83. The molecule has 0 bridgehead atoms. The van der Waals surface area contributed by atoms with E-state index >= 15 is 0 Å². The lowest BCUT2D eigenvalue weighted by atomic mass is 10.3. The third-order valence-corrected chi connectivity index (χ3v) is 5.09. The standard InChI is InChI=1S/C15H14N2O4S2/c1-23(19,20)15-16-13(12-6-2-3-8-17(12)15)14(18)21-9-7-11-5-4-10-22-11/h2-6,8,10H,7,9H2,1H3. The summed E-state index contributed by atoms with van der Waals surface area (Å²) in [5.41, 5.74) is 0.422. The van der Waals surface area contributed by atoms with E-state index in [1.54, 1.807) is 35.7 Å². The van der Waals surface area contributed by atoms with Gasteiger partial charge in [-0.3, -0.25) is 4.40 Å². The maximum atomic E-state index is 12.2. The maximum Gasteiger partial charge on any atom is 0.359 e. The van der Waals surface area contributed by atoms with Crippen molar-refractivity contribution in [3.05, 3.63) is 52.5 Å². The van der Waals surface area contributed by atoms with Gasteiger partial charge >= 0.3 is 5.97 Å². The van der Waals surface area contributed by atoms with Gasteiger partial charge in [0.15, 0.2) is 5.69 Å². The zero-order valence-electron chi connectivity index (χ0n) is 12.3. The highest BCUT2D eigenvalue weighted by atomic mass is 32.2. The molecule has 23 heavy (non-hydrogen) atoms. The zero-order chi connectivity index (χ0) is 16.4. The second-order valence-corrected chi connectivity index (χ2v) is 7.88. The number of hydrogen-bond acceptors (Lipinski definition) is 6. The number of imidazole rings is 1. The number of aromatic nitrogens is 2. The molecule has 0 aliphatic carbocycles. The molecule has 0 radical (unpaired) electrons. The summed E-state index contributed by atoms with van der Waals surface area (Å²) in [5, 5.41) is 1.79. The molecule has 3 aromatic heterocycles. The fourth-order valence-electron chi connectivity index (χ4n) is 2.19. The Kier molecular flexibility index (Phi) is 4.18. The first kappa shape index (κ1) is 15.7. The Morgan fingerprint density at radius 2 is 2.13 bits per heavy atom. The van der Waals surface area contributed by atoms with E-state index in [-0.39, 0.29) is 17.5 Å². The Hall–Kier alpha value is -2.19. The minimum atomic E-state index is -3.55. The highest BCUT2D eigenvalue weighted by Gasteiger charge is 2.23. The molecular formula is C15H14N2O4S2. The van der Waals surface area contributed by atoms with Crippen LogP contribution in [-0.4, -0.2) is 36.6 Å². The van der Waals surface area contributed by atoms with Crippen molar-refractivity contribution in [2.45, 2.75) is 11.6 Å². The Bertz CT molecular complexity index is 943. The monoisotopic (exact) mass is 350 g/mol. The maximum absolute atomic E-state index is 12.2. The second kappa shape index (κ2) is 6.13. The summed E-state index contributed by atoms with van der Waals surface area (Å²) in [6, 6.07) is 8.92. The van der Waals surface area contributed by atoms with Crippen molar-refractivity contribution in [2.24, 2.45) is 0 Å². The minimum absolute atomic E-state index is 0.0113. The van der Waals surface area contributed by atoms with Gasteiger partial charge < -0.3 is 4.74 Å². The minimum Gasteiger partial charge on any atom is -0.461 e. The molecule has 0 fully saturated rings. The van der Waals surface area contributed by atoms with Crippen LogP contribution in [0.5, 0.6) is 0 Å². The molecule has 120 valence electrons. The van der Waals surface area contributed by atoms with Crippen LogP contribution in [0.3, 0.4) is 0 Å². The fourth-order valence-corrected chi connectivity index (χ4v) is 3.65. The summed E-state index contributed by atoms with van der Waals surface area (Å²) < 4.78 is 30.2. The van der Waals surface area contributed by atoms with E-state index in [2.05, 4.69) is 4.98 Å². The quantitative estimate of drug-likeness (QED) is 0.659. The van der Waals surface area contributed by atoms with Crippen LogP contribution in [0.2, 0.25) is 0 Å². The molecule has 3 aromatic rings. The van der Waals surface area contributed by atoms with Crippen molar-refractivity contribution in [3.8, 4) is 0 Å². The molecule has 0 unspecified atom stereocenters. The molecule has 0 saturated carbocycles. The molecular weight excluding hydrogens is 336 g/mol. The third kappa shape index (κ3) is 3.27. The highest BCUT2D eigenvalue weighted by molar-refractivity contribution is 7.90. The lowest BCUT2D eigenvalue weighted by Crippen LogP contribution is -2.09. The predicted octanol–water partition coefficient (Wildman–Crippen LogP) is 2.20. The molecule has 0 atom stereocenters. The van der Waals surface area contributed by atoms with E-state index in [1.165, 1.54) is 4.40 Å².